The number of nitrogens with zero attached hydrogens (tertiary/aromatic N) is 1. The Bertz CT molecular complexity index is 399. The first kappa shape index (κ1) is 16.7. The summed E-state index contributed by atoms with van der Waals surface area (Å²) in [6.07, 6.45) is -0.0933. The van der Waals surface area contributed by atoms with Gasteiger partial charge in [-0.15, -0.1) is 0 Å². The Morgan fingerprint density at radius 3 is 2.47 bits per heavy atom. The second-order valence-corrected chi connectivity index (χ2v) is 5.59. The summed E-state index contributed by atoms with van der Waals surface area (Å²) in [6, 6.07) is 5.59. The van der Waals surface area contributed by atoms with Crippen molar-refractivity contribution in [3.05, 3.63) is 33.8 Å². The van der Waals surface area contributed by atoms with E-state index in [0.29, 0.717) is 41.2 Å². The number of halogens is 2. The monoisotopic (exact) mass is 305 g/mol. The van der Waals surface area contributed by atoms with Gasteiger partial charge in [-0.05, 0) is 26.3 Å². The third kappa shape index (κ3) is 4.93. The zero-order valence-electron chi connectivity index (χ0n) is 11.3. The smallest absolute Gasteiger partial charge is 0.0817 e. The summed E-state index contributed by atoms with van der Waals surface area (Å²) in [6.45, 7) is 5.55. The summed E-state index contributed by atoms with van der Waals surface area (Å²) in [5, 5.41) is 20.1. The molecule has 0 heterocycles. The molecule has 1 unspecified atom stereocenters. The van der Waals surface area contributed by atoms with Crippen molar-refractivity contribution in [2.45, 2.75) is 32.4 Å². The van der Waals surface area contributed by atoms with Crippen molar-refractivity contribution in [2.24, 2.45) is 0 Å². The summed E-state index contributed by atoms with van der Waals surface area (Å²) >= 11 is 12.0. The molecule has 0 saturated heterocycles. The molecule has 0 aromatic heterocycles. The van der Waals surface area contributed by atoms with Crippen LogP contribution in [-0.2, 0) is 0 Å². The Morgan fingerprint density at radius 2 is 1.89 bits per heavy atom. The Morgan fingerprint density at radius 1 is 1.21 bits per heavy atom. The predicted molar refractivity (Wildman–Crippen MR) is 79.8 cm³/mol. The second-order valence-electron chi connectivity index (χ2n) is 4.80. The van der Waals surface area contributed by atoms with Crippen LogP contribution in [0.15, 0.2) is 18.2 Å². The SMILES string of the molecule is CC(C)N(CCO)CCC(O)c1cccc(Cl)c1Cl. The molecule has 0 bridgehead atoms. The summed E-state index contributed by atoms with van der Waals surface area (Å²) < 4.78 is 0. The summed E-state index contributed by atoms with van der Waals surface area (Å²) in [4.78, 5) is 2.11. The highest BCUT2D eigenvalue weighted by Gasteiger charge is 2.16. The van der Waals surface area contributed by atoms with Gasteiger partial charge in [-0.1, -0.05) is 35.3 Å². The Labute approximate surface area is 124 Å². The van der Waals surface area contributed by atoms with Gasteiger partial charge in [-0.2, -0.15) is 0 Å². The molecule has 19 heavy (non-hydrogen) atoms. The first-order valence-electron chi connectivity index (χ1n) is 6.44. The fourth-order valence-electron chi connectivity index (χ4n) is 1.98. The topological polar surface area (TPSA) is 43.7 Å². The molecular weight excluding hydrogens is 285 g/mol. The molecule has 108 valence electrons. The van der Waals surface area contributed by atoms with E-state index in [1.165, 1.54) is 0 Å². The minimum atomic E-state index is -0.647. The largest absolute Gasteiger partial charge is 0.395 e. The van der Waals surface area contributed by atoms with E-state index >= 15 is 0 Å². The maximum atomic E-state index is 10.2. The molecule has 0 aliphatic carbocycles. The third-order valence-corrected chi connectivity index (χ3v) is 3.98. The van der Waals surface area contributed by atoms with E-state index in [1.807, 2.05) is 0 Å². The van der Waals surface area contributed by atoms with Crippen LogP contribution in [0.4, 0.5) is 0 Å². The normalized spacial score (nSPS) is 13.3. The highest BCUT2D eigenvalue weighted by molar-refractivity contribution is 6.42. The van der Waals surface area contributed by atoms with Gasteiger partial charge in [0.15, 0.2) is 0 Å². The standard InChI is InChI=1S/C14H21Cl2NO2/c1-10(2)17(8-9-18)7-6-13(19)11-4-3-5-12(15)14(11)16/h3-5,10,13,18-19H,6-9H2,1-2H3. The number of rotatable bonds is 7. The minimum Gasteiger partial charge on any atom is -0.395 e. The first-order valence-corrected chi connectivity index (χ1v) is 7.19. The maximum absolute atomic E-state index is 10.2. The van der Waals surface area contributed by atoms with Crippen LogP contribution in [0, 0.1) is 0 Å². The molecule has 0 amide bonds. The van der Waals surface area contributed by atoms with Gasteiger partial charge in [0.05, 0.1) is 22.8 Å². The molecule has 0 fully saturated rings. The molecule has 0 aliphatic rings. The third-order valence-electron chi connectivity index (χ3n) is 3.15. The van der Waals surface area contributed by atoms with Crippen LogP contribution in [0.5, 0.6) is 0 Å². The van der Waals surface area contributed by atoms with Gasteiger partial charge in [0, 0.05) is 24.7 Å². The van der Waals surface area contributed by atoms with Gasteiger partial charge >= 0.3 is 0 Å². The maximum Gasteiger partial charge on any atom is 0.0817 e. The lowest BCUT2D eigenvalue weighted by molar-refractivity contribution is 0.116. The molecular formula is C14H21Cl2NO2. The molecule has 1 rings (SSSR count). The molecule has 5 heteroatoms. The lowest BCUT2D eigenvalue weighted by Crippen LogP contribution is -2.35. The molecule has 1 atom stereocenters. The van der Waals surface area contributed by atoms with Crippen LogP contribution in [0.2, 0.25) is 10.0 Å². The van der Waals surface area contributed by atoms with Crippen molar-refractivity contribution in [1.29, 1.82) is 0 Å². The zero-order chi connectivity index (χ0) is 14.4. The van der Waals surface area contributed by atoms with Crippen LogP contribution in [0.1, 0.15) is 31.9 Å². The molecule has 0 spiro atoms. The zero-order valence-corrected chi connectivity index (χ0v) is 12.8. The van der Waals surface area contributed by atoms with Crippen molar-refractivity contribution in [3.8, 4) is 0 Å². The summed E-state index contributed by atoms with van der Waals surface area (Å²) in [5.41, 5.74) is 0.655. The van der Waals surface area contributed by atoms with Crippen LogP contribution in [-0.4, -0.2) is 40.9 Å². The number of hydrogen-bond donors (Lipinski definition) is 2. The van der Waals surface area contributed by atoms with Gasteiger partial charge < -0.3 is 10.2 Å². The van der Waals surface area contributed by atoms with E-state index in [4.69, 9.17) is 28.3 Å². The summed E-state index contributed by atoms with van der Waals surface area (Å²) in [7, 11) is 0. The van der Waals surface area contributed by atoms with Crippen molar-refractivity contribution in [3.63, 3.8) is 0 Å². The van der Waals surface area contributed by atoms with Crippen LogP contribution >= 0.6 is 23.2 Å². The molecule has 3 nitrogen and oxygen atoms in total. The van der Waals surface area contributed by atoms with E-state index in [9.17, 15) is 5.11 Å². The fraction of sp³-hybridized carbons (Fsp3) is 0.571. The second kappa shape index (κ2) is 8.08. The minimum absolute atomic E-state index is 0.117. The lowest BCUT2D eigenvalue weighted by atomic mass is 10.1. The van der Waals surface area contributed by atoms with Crippen LogP contribution in [0.3, 0.4) is 0 Å². The predicted octanol–water partition coefficient (Wildman–Crippen LogP) is 3.12. The molecule has 1 aromatic carbocycles. The first-order chi connectivity index (χ1) is 8.97. The van der Waals surface area contributed by atoms with E-state index in [-0.39, 0.29) is 6.61 Å². The van der Waals surface area contributed by atoms with E-state index in [0.717, 1.165) is 0 Å². The molecule has 0 radical (unpaired) electrons. The molecule has 0 saturated carbocycles. The molecule has 0 aliphatic heterocycles. The fourth-order valence-corrected chi connectivity index (χ4v) is 2.41. The molecule has 2 N–H and O–H groups in total. The average Bonchev–Trinajstić information content (AvgIpc) is 2.37. The van der Waals surface area contributed by atoms with Gasteiger partial charge in [0.1, 0.15) is 0 Å². The Hall–Kier alpha value is -0.320. The number of hydrogen-bond acceptors (Lipinski definition) is 3. The number of aliphatic hydroxyl groups excluding tert-OH is 2. The van der Waals surface area contributed by atoms with Crippen LogP contribution in [0.25, 0.3) is 0 Å². The van der Waals surface area contributed by atoms with E-state index < -0.39 is 6.10 Å². The lowest BCUT2D eigenvalue weighted by Gasteiger charge is -2.26. The number of benzene rings is 1. The van der Waals surface area contributed by atoms with Gasteiger partial charge in [0.2, 0.25) is 0 Å². The van der Waals surface area contributed by atoms with E-state index in [1.54, 1.807) is 18.2 Å². The van der Waals surface area contributed by atoms with Crippen molar-refractivity contribution < 1.29 is 10.2 Å². The van der Waals surface area contributed by atoms with Crippen molar-refractivity contribution in [1.82, 2.24) is 4.90 Å². The van der Waals surface area contributed by atoms with Gasteiger partial charge in [0.25, 0.3) is 0 Å². The summed E-state index contributed by atoms with van der Waals surface area (Å²) in [5.74, 6) is 0. The van der Waals surface area contributed by atoms with Gasteiger partial charge in [-0.3, -0.25) is 4.90 Å². The van der Waals surface area contributed by atoms with Crippen molar-refractivity contribution >= 4 is 23.2 Å². The Balaban J connectivity index is 2.64. The number of aliphatic hydroxyl groups is 2. The van der Waals surface area contributed by atoms with Crippen LogP contribution < -0.4 is 0 Å². The highest BCUT2D eigenvalue weighted by Crippen LogP contribution is 2.31. The van der Waals surface area contributed by atoms with Crippen molar-refractivity contribution in [2.75, 3.05) is 19.7 Å². The van der Waals surface area contributed by atoms with E-state index in [2.05, 4.69) is 18.7 Å². The average molecular weight is 306 g/mol. The molecule has 1 aromatic rings. The Kier molecular flexibility index (Phi) is 7.11. The van der Waals surface area contributed by atoms with Gasteiger partial charge in [-0.25, -0.2) is 0 Å². The quantitative estimate of drug-likeness (QED) is 0.813. The highest BCUT2D eigenvalue weighted by atomic mass is 35.5.